The van der Waals surface area contributed by atoms with Crippen molar-refractivity contribution >= 4 is 50.0 Å². The first-order valence-corrected chi connectivity index (χ1v) is 12.0. The fraction of sp³-hybridized carbons (Fsp3) is 0.300. The summed E-state index contributed by atoms with van der Waals surface area (Å²) >= 11 is 7.53. The molecule has 2 heterocycles. The van der Waals surface area contributed by atoms with Crippen LogP contribution in [0.15, 0.2) is 53.5 Å². The first-order chi connectivity index (χ1) is 13.3. The monoisotopic (exact) mass is 434 g/mol. The summed E-state index contributed by atoms with van der Waals surface area (Å²) in [6.07, 6.45) is 0.110. The number of carbonyl (C=O) groups is 1. The van der Waals surface area contributed by atoms with Crippen molar-refractivity contribution < 1.29 is 13.2 Å². The van der Waals surface area contributed by atoms with E-state index < -0.39 is 9.84 Å². The molecular formula is C20H19ClN2O3S2. The second-order valence-corrected chi connectivity index (χ2v) is 10.8. The number of rotatable bonds is 3. The molecule has 0 N–H and O–H groups in total. The van der Waals surface area contributed by atoms with Crippen LogP contribution in [0.4, 0.5) is 5.69 Å². The van der Waals surface area contributed by atoms with Crippen LogP contribution in [0.25, 0.3) is 0 Å². The maximum Gasteiger partial charge on any atom is 0.252 e. The average molecular weight is 435 g/mol. The van der Waals surface area contributed by atoms with Crippen LogP contribution in [-0.4, -0.2) is 42.3 Å². The Bertz CT molecular complexity index is 1050. The highest BCUT2D eigenvalue weighted by Gasteiger charge is 2.49. The molecule has 0 unspecified atom stereocenters. The molecule has 2 aromatic rings. The highest BCUT2D eigenvalue weighted by molar-refractivity contribution is 8.16. The fourth-order valence-corrected chi connectivity index (χ4v) is 7.66. The summed E-state index contributed by atoms with van der Waals surface area (Å²) in [5, 5.41) is 0.984. The van der Waals surface area contributed by atoms with E-state index in [1.165, 1.54) is 11.8 Å². The summed E-state index contributed by atoms with van der Waals surface area (Å²) in [6, 6.07) is 14.8. The van der Waals surface area contributed by atoms with Crippen LogP contribution >= 0.6 is 23.4 Å². The van der Waals surface area contributed by atoms with Crippen molar-refractivity contribution in [1.82, 2.24) is 0 Å². The van der Waals surface area contributed by atoms with E-state index in [4.69, 9.17) is 11.6 Å². The molecule has 0 aromatic heterocycles. The number of benzene rings is 2. The number of aryl methyl sites for hydroxylation is 1. The van der Waals surface area contributed by atoms with Gasteiger partial charge in [0.15, 0.2) is 15.0 Å². The number of halogens is 1. The van der Waals surface area contributed by atoms with Gasteiger partial charge in [0, 0.05) is 16.0 Å². The van der Waals surface area contributed by atoms with Gasteiger partial charge in [0.05, 0.1) is 24.0 Å². The molecule has 5 nitrogen and oxygen atoms in total. The minimum Gasteiger partial charge on any atom is -0.316 e. The number of amidine groups is 1. The first kappa shape index (κ1) is 19.5. The minimum atomic E-state index is -3.08. The van der Waals surface area contributed by atoms with Gasteiger partial charge in [0.25, 0.3) is 5.91 Å². The maximum absolute atomic E-state index is 12.6. The SMILES string of the molecule is Cc1ccc(N2C(=NC(=O)Cc3ccccc3Cl)S[C@@H]3CS(=O)(=O)C[C@@H]32)cc1. The Morgan fingerprint density at radius 3 is 2.61 bits per heavy atom. The molecule has 0 radical (unpaired) electrons. The first-order valence-electron chi connectivity index (χ1n) is 8.90. The molecule has 0 aliphatic carbocycles. The Morgan fingerprint density at radius 2 is 1.89 bits per heavy atom. The Balaban J connectivity index is 1.65. The van der Waals surface area contributed by atoms with Gasteiger partial charge >= 0.3 is 0 Å². The predicted octanol–water partition coefficient (Wildman–Crippen LogP) is 3.49. The summed E-state index contributed by atoms with van der Waals surface area (Å²) < 4.78 is 24.2. The maximum atomic E-state index is 12.6. The van der Waals surface area contributed by atoms with Crippen molar-refractivity contribution in [2.24, 2.45) is 4.99 Å². The number of hydrogen-bond donors (Lipinski definition) is 0. The summed E-state index contributed by atoms with van der Waals surface area (Å²) in [5.41, 5.74) is 2.69. The van der Waals surface area contributed by atoms with Crippen LogP contribution in [0.1, 0.15) is 11.1 Å². The molecule has 2 fully saturated rings. The fourth-order valence-electron chi connectivity index (χ4n) is 3.52. The zero-order valence-electron chi connectivity index (χ0n) is 15.2. The molecule has 28 heavy (non-hydrogen) atoms. The second kappa shape index (κ2) is 7.54. The van der Waals surface area contributed by atoms with Crippen molar-refractivity contribution in [3.8, 4) is 0 Å². The Hall–Kier alpha value is -1.83. The predicted molar refractivity (Wildman–Crippen MR) is 115 cm³/mol. The molecule has 2 aromatic carbocycles. The van der Waals surface area contributed by atoms with Gasteiger partial charge in [0.2, 0.25) is 0 Å². The summed E-state index contributed by atoms with van der Waals surface area (Å²) in [6.45, 7) is 1.99. The van der Waals surface area contributed by atoms with Crippen LogP contribution in [-0.2, 0) is 21.1 Å². The largest absolute Gasteiger partial charge is 0.316 e. The molecule has 2 aliphatic heterocycles. The van der Waals surface area contributed by atoms with Crippen molar-refractivity contribution in [2.45, 2.75) is 24.6 Å². The standard InChI is InChI=1S/C20H19ClN2O3S2/c1-13-6-8-15(9-7-13)23-17-11-28(25,26)12-18(17)27-20(23)22-19(24)10-14-4-2-3-5-16(14)21/h2-9,17-18H,10-12H2,1H3/t17-,18+/m0/s1. The highest BCUT2D eigenvalue weighted by atomic mass is 35.5. The number of nitrogens with zero attached hydrogens (tertiary/aromatic N) is 2. The zero-order chi connectivity index (χ0) is 19.9. The van der Waals surface area contributed by atoms with Crippen molar-refractivity contribution in [2.75, 3.05) is 16.4 Å². The van der Waals surface area contributed by atoms with Crippen LogP contribution in [0.2, 0.25) is 5.02 Å². The molecule has 146 valence electrons. The number of fused-ring (bicyclic) bond motifs is 1. The molecule has 0 spiro atoms. The molecule has 8 heteroatoms. The van der Waals surface area contributed by atoms with Gasteiger partial charge in [-0.05, 0) is 30.7 Å². The molecule has 2 atom stereocenters. The quantitative estimate of drug-likeness (QED) is 0.739. The van der Waals surface area contributed by atoms with E-state index in [9.17, 15) is 13.2 Å². The number of carbonyl (C=O) groups excluding carboxylic acids is 1. The van der Waals surface area contributed by atoms with E-state index >= 15 is 0 Å². The second-order valence-electron chi connectivity index (χ2n) is 7.06. The summed E-state index contributed by atoms with van der Waals surface area (Å²) in [4.78, 5) is 18.8. The van der Waals surface area contributed by atoms with Gasteiger partial charge in [-0.3, -0.25) is 4.79 Å². The number of hydrogen-bond acceptors (Lipinski definition) is 4. The number of amides is 1. The normalized spacial score (nSPS) is 24.5. The lowest BCUT2D eigenvalue weighted by atomic mass is 10.1. The van der Waals surface area contributed by atoms with Gasteiger partial charge in [-0.2, -0.15) is 4.99 Å². The molecule has 0 saturated carbocycles. The van der Waals surface area contributed by atoms with Gasteiger partial charge in [0.1, 0.15) is 0 Å². The van der Waals surface area contributed by atoms with Gasteiger partial charge in [-0.15, -0.1) is 0 Å². The van der Waals surface area contributed by atoms with Crippen molar-refractivity contribution in [1.29, 1.82) is 0 Å². The van der Waals surface area contributed by atoms with E-state index in [0.29, 0.717) is 10.2 Å². The zero-order valence-corrected chi connectivity index (χ0v) is 17.6. The van der Waals surface area contributed by atoms with Crippen molar-refractivity contribution in [3.63, 3.8) is 0 Å². The van der Waals surface area contributed by atoms with E-state index in [0.717, 1.165) is 16.8 Å². The van der Waals surface area contributed by atoms with E-state index in [1.54, 1.807) is 12.1 Å². The van der Waals surface area contributed by atoms with E-state index in [-0.39, 0.29) is 35.1 Å². The topological polar surface area (TPSA) is 66.8 Å². The third kappa shape index (κ3) is 3.97. The third-order valence-corrected chi connectivity index (χ3v) is 8.48. The average Bonchev–Trinajstić information content (AvgIpc) is 3.09. The van der Waals surface area contributed by atoms with E-state index in [1.807, 2.05) is 48.2 Å². The number of thioether (sulfide) groups is 1. The van der Waals surface area contributed by atoms with Crippen LogP contribution in [0.3, 0.4) is 0 Å². The van der Waals surface area contributed by atoms with Gasteiger partial charge < -0.3 is 4.90 Å². The van der Waals surface area contributed by atoms with Gasteiger partial charge in [-0.1, -0.05) is 59.3 Å². The van der Waals surface area contributed by atoms with Crippen LogP contribution in [0.5, 0.6) is 0 Å². The minimum absolute atomic E-state index is 0.0796. The lowest BCUT2D eigenvalue weighted by molar-refractivity contribution is -0.117. The number of anilines is 1. The number of sulfone groups is 1. The molecule has 1 amide bonds. The lowest BCUT2D eigenvalue weighted by Crippen LogP contribution is -2.37. The van der Waals surface area contributed by atoms with Crippen molar-refractivity contribution in [3.05, 3.63) is 64.7 Å². The molecule has 4 rings (SSSR count). The Kier molecular flexibility index (Phi) is 5.24. The molecular weight excluding hydrogens is 416 g/mol. The third-order valence-electron chi connectivity index (χ3n) is 4.90. The summed E-state index contributed by atoms with van der Waals surface area (Å²) in [7, 11) is -3.08. The van der Waals surface area contributed by atoms with E-state index in [2.05, 4.69) is 4.99 Å². The van der Waals surface area contributed by atoms with Crippen LogP contribution < -0.4 is 4.90 Å². The smallest absolute Gasteiger partial charge is 0.252 e. The highest BCUT2D eigenvalue weighted by Crippen LogP contribution is 2.41. The molecule has 2 aliphatic rings. The Labute approximate surface area is 173 Å². The van der Waals surface area contributed by atoms with Gasteiger partial charge in [-0.25, -0.2) is 8.42 Å². The summed E-state index contributed by atoms with van der Waals surface area (Å²) in [5.74, 6) is -0.103. The molecule has 2 saturated heterocycles. The number of aliphatic imine (C=N–C) groups is 1. The molecule has 0 bridgehead atoms. The Morgan fingerprint density at radius 1 is 1.18 bits per heavy atom. The van der Waals surface area contributed by atoms with Crippen LogP contribution in [0, 0.1) is 6.92 Å². The lowest BCUT2D eigenvalue weighted by Gasteiger charge is -2.24.